The van der Waals surface area contributed by atoms with Crippen LogP contribution in [0.5, 0.6) is 0 Å². The predicted octanol–water partition coefficient (Wildman–Crippen LogP) is 3.09. The number of guanidine groups is 1. The van der Waals surface area contributed by atoms with Gasteiger partial charge in [-0.2, -0.15) is 0 Å². The quantitative estimate of drug-likeness (QED) is 0.303. The van der Waals surface area contributed by atoms with E-state index in [9.17, 15) is 0 Å². The maximum Gasteiger partial charge on any atom is 0.191 e. The lowest BCUT2D eigenvalue weighted by Crippen LogP contribution is -2.38. The van der Waals surface area contributed by atoms with Gasteiger partial charge in [0.1, 0.15) is 0 Å². The first-order valence-corrected chi connectivity index (χ1v) is 7.41. The van der Waals surface area contributed by atoms with E-state index >= 15 is 0 Å². The summed E-state index contributed by atoms with van der Waals surface area (Å²) in [6, 6.07) is 8.48. The third-order valence-corrected chi connectivity index (χ3v) is 2.85. The normalized spacial score (nSPS) is 10.9. The molecule has 0 bridgehead atoms. The number of ether oxygens (including phenoxy) is 1. The van der Waals surface area contributed by atoms with Crippen molar-refractivity contribution in [3.8, 4) is 0 Å². The van der Waals surface area contributed by atoms with Gasteiger partial charge in [0.05, 0.1) is 6.54 Å². The van der Waals surface area contributed by atoms with Crippen LogP contribution >= 0.6 is 24.0 Å². The average Bonchev–Trinajstić information content (AvgIpc) is 2.46. The zero-order valence-corrected chi connectivity index (χ0v) is 15.6. The molecule has 21 heavy (non-hydrogen) atoms. The van der Waals surface area contributed by atoms with Crippen molar-refractivity contribution in [1.82, 2.24) is 10.6 Å². The summed E-state index contributed by atoms with van der Waals surface area (Å²) < 4.78 is 5.32. The number of nitrogens with zero attached hydrogens (tertiary/aromatic N) is 1. The second-order valence-electron chi connectivity index (χ2n) is 4.66. The summed E-state index contributed by atoms with van der Waals surface area (Å²) in [6.07, 6.45) is 0.989. The molecule has 2 N–H and O–H groups in total. The van der Waals surface area contributed by atoms with Crippen LogP contribution < -0.4 is 10.6 Å². The number of aryl methyl sites for hydroxylation is 1. The van der Waals surface area contributed by atoms with Crippen molar-refractivity contribution in [2.24, 2.45) is 4.99 Å². The van der Waals surface area contributed by atoms with Crippen LogP contribution in [0.25, 0.3) is 0 Å². The highest BCUT2D eigenvalue weighted by Gasteiger charge is 1.97. The van der Waals surface area contributed by atoms with E-state index in [0.29, 0.717) is 6.54 Å². The average molecular weight is 405 g/mol. The van der Waals surface area contributed by atoms with Gasteiger partial charge in [0.15, 0.2) is 5.96 Å². The Morgan fingerprint density at radius 3 is 2.48 bits per heavy atom. The molecular weight excluding hydrogens is 377 g/mol. The molecule has 1 rings (SSSR count). The molecule has 1 aromatic carbocycles. The third kappa shape index (κ3) is 9.68. The lowest BCUT2D eigenvalue weighted by atomic mass is 10.1. The molecule has 0 aliphatic rings. The Hall–Kier alpha value is -0.820. The van der Waals surface area contributed by atoms with Gasteiger partial charge in [0.2, 0.25) is 0 Å². The number of benzene rings is 1. The summed E-state index contributed by atoms with van der Waals surface area (Å²) in [5.41, 5.74) is 2.50. The Morgan fingerprint density at radius 2 is 1.86 bits per heavy atom. The maximum absolute atomic E-state index is 5.32. The second-order valence-corrected chi connectivity index (χ2v) is 4.66. The first-order chi connectivity index (χ1) is 9.76. The van der Waals surface area contributed by atoms with Crippen molar-refractivity contribution in [2.75, 3.05) is 26.3 Å². The number of aliphatic imine (C=N–C) groups is 1. The molecular formula is C16H28IN3O. The van der Waals surface area contributed by atoms with Crippen molar-refractivity contribution in [3.05, 3.63) is 35.4 Å². The highest BCUT2D eigenvalue weighted by atomic mass is 127. The van der Waals surface area contributed by atoms with E-state index in [1.807, 2.05) is 6.92 Å². The molecule has 0 atom stereocenters. The van der Waals surface area contributed by atoms with E-state index in [1.165, 1.54) is 11.1 Å². The number of nitrogens with one attached hydrogen (secondary N) is 2. The van der Waals surface area contributed by atoms with Crippen LogP contribution in [0.3, 0.4) is 0 Å². The third-order valence-electron chi connectivity index (χ3n) is 2.85. The molecule has 5 heteroatoms. The topological polar surface area (TPSA) is 45.7 Å². The zero-order valence-electron chi connectivity index (χ0n) is 13.3. The minimum absolute atomic E-state index is 0. The van der Waals surface area contributed by atoms with Gasteiger partial charge in [-0.1, -0.05) is 29.8 Å². The smallest absolute Gasteiger partial charge is 0.191 e. The van der Waals surface area contributed by atoms with E-state index in [0.717, 1.165) is 38.7 Å². The zero-order chi connectivity index (χ0) is 14.6. The van der Waals surface area contributed by atoms with Crippen LogP contribution in [0.15, 0.2) is 29.3 Å². The lowest BCUT2D eigenvalue weighted by Gasteiger charge is -2.11. The van der Waals surface area contributed by atoms with Crippen molar-refractivity contribution < 1.29 is 4.74 Å². The highest BCUT2D eigenvalue weighted by molar-refractivity contribution is 14.0. The van der Waals surface area contributed by atoms with E-state index in [-0.39, 0.29) is 24.0 Å². The summed E-state index contributed by atoms with van der Waals surface area (Å²) in [4.78, 5) is 4.58. The van der Waals surface area contributed by atoms with Crippen LogP contribution in [0.2, 0.25) is 0 Å². The molecule has 0 saturated carbocycles. The summed E-state index contributed by atoms with van der Waals surface area (Å²) >= 11 is 0. The van der Waals surface area contributed by atoms with Crippen LogP contribution in [0.1, 0.15) is 31.4 Å². The minimum atomic E-state index is 0. The summed E-state index contributed by atoms with van der Waals surface area (Å²) in [6.45, 7) is 10.2. The Labute approximate surface area is 145 Å². The minimum Gasteiger partial charge on any atom is -0.382 e. The van der Waals surface area contributed by atoms with Gasteiger partial charge >= 0.3 is 0 Å². The molecule has 0 aliphatic heterocycles. The molecule has 0 amide bonds. The van der Waals surface area contributed by atoms with E-state index < -0.39 is 0 Å². The molecule has 120 valence electrons. The Morgan fingerprint density at radius 1 is 1.14 bits per heavy atom. The maximum atomic E-state index is 5.32. The van der Waals surface area contributed by atoms with E-state index in [4.69, 9.17) is 4.74 Å². The number of hydrogen-bond acceptors (Lipinski definition) is 2. The van der Waals surface area contributed by atoms with Crippen LogP contribution in [0, 0.1) is 6.92 Å². The number of halogens is 1. The fraction of sp³-hybridized carbons (Fsp3) is 0.562. The van der Waals surface area contributed by atoms with E-state index in [1.54, 1.807) is 0 Å². The molecule has 4 nitrogen and oxygen atoms in total. The van der Waals surface area contributed by atoms with Crippen LogP contribution in [0.4, 0.5) is 0 Å². The molecule has 0 spiro atoms. The van der Waals surface area contributed by atoms with Gasteiger partial charge in [-0.25, -0.2) is 4.99 Å². The highest BCUT2D eigenvalue weighted by Crippen LogP contribution is 2.04. The SMILES string of the molecule is CCNC(=NCc1ccc(C)cc1)NCCCOCC.I. The molecule has 0 fully saturated rings. The first-order valence-electron chi connectivity index (χ1n) is 7.41. The van der Waals surface area contributed by atoms with Gasteiger partial charge in [0, 0.05) is 26.3 Å². The largest absolute Gasteiger partial charge is 0.382 e. The summed E-state index contributed by atoms with van der Waals surface area (Å²) in [7, 11) is 0. The fourth-order valence-electron chi connectivity index (χ4n) is 1.73. The number of hydrogen-bond donors (Lipinski definition) is 2. The van der Waals surface area contributed by atoms with Gasteiger partial charge in [-0.3, -0.25) is 0 Å². The fourth-order valence-corrected chi connectivity index (χ4v) is 1.73. The Balaban J connectivity index is 0.00000400. The Kier molecular flexibility index (Phi) is 12.4. The number of rotatable bonds is 8. The van der Waals surface area contributed by atoms with Crippen LogP contribution in [-0.2, 0) is 11.3 Å². The standard InChI is InChI=1S/C16H27N3O.HI/c1-4-17-16(18-11-6-12-20-5-2)19-13-15-9-7-14(3)8-10-15;/h7-10H,4-6,11-13H2,1-3H3,(H2,17,18,19);1H. The molecule has 0 heterocycles. The Bertz CT molecular complexity index is 393. The molecule has 0 radical (unpaired) electrons. The predicted molar refractivity (Wildman–Crippen MR) is 101 cm³/mol. The lowest BCUT2D eigenvalue weighted by molar-refractivity contribution is 0.145. The van der Waals surface area contributed by atoms with Crippen molar-refractivity contribution in [2.45, 2.75) is 33.7 Å². The monoisotopic (exact) mass is 405 g/mol. The van der Waals surface area contributed by atoms with Crippen molar-refractivity contribution >= 4 is 29.9 Å². The molecule has 1 aromatic rings. The molecule has 0 aromatic heterocycles. The molecule has 0 saturated heterocycles. The van der Waals surface area contributed by atoms with Gasteiger partial charge in [-0.15, -0.1) is 24.0 Å². The first kappa shape index (κ1) is 20.2. The second kappa shape index (κ2) is 12.9. The molecule has 0 aliphatic carbocycles. The van der Waals surface area contributed by atoms with Gasteiger partial charge in [-0.05, 0) is 32.8 Å². The van der Waals surface area contributed by atoms with Crippen molar-refractivity contribution in [1.29, 1.82) is 0 Å². The molecule has 0 unspecified atom stereocenters. The van der Waals surface area contributed by atoms with Gasteiger partial charge in [0.25, 0.3) is 0 Å². The summed E-state index contributed by atoms with van der Waals surface area (Å²) in [5, 5.41) is 6.57. The van der Waals surface area contributed by atoms with Gasteiger partial charge < -0.3 is 15.4 Å². The van der Waals surface area contributed by atoms with Crippen LogP contribution in [-0.4, -0.2) is 32.3 Å². The summed E-state index contributed by atoms with van der Waals surface area (Å²) in [5.74, 6) is 0.865. The van der Waals surface area contributed by atoms with E-state index in [2.05, 4.69) is 53.7 Å². The van der Waals surface area contributed by atoms with Crippen molar-refractivity contribution in [3.63, 3.8) is 0 Å².